The van der Waals surface area contributed by atoms with Gasteiger partial charge in [0.15, 0.2) is 5.76 Å². The van der Waals surface area contributed by atoms with E-state index in [0.29, 0.717) is 41.2 Å². The molecule has 32 heavy (non-hydrogen) atoms. The molecule has 5 rings (SSSR count). The molecule has 0 saturated heterocycles. The molecule has 0 saturated carbocycles. The average Bonchev–Trinajstić information content (AvgIpc) is 3.23. The first-order valence-corrected chi connectivity index (χ1v) is 11.7. The zero-order valence-corrected chi connectivity index (χ0v) is 20.8. The summed E-state index contributed by atoms with van der Waals surface area (Å²) in [7, 11) is 0. The van der Waals surface area contributed by atoms with Crippen molar-refractivity contribution in [3.8, 4) is 17.3 Å². The van der Waals surface area contributed by atoms with Gasteiger partial charge in [0.2, 0.25) is 5.82 Å². The fraction of sp³-hybridized carbons (Fsp3) is 0. The van der Waals surface area contributed by atoms with Gasteiger partial charge in [-0.05, 0) is 62.2 Å². The highest BCUT2D eigenvalue weighted by molar-refractivity contribution is 9.11. The Kier molecular flexibility index (Phi) is 5.48. The van der Waals surface area contributed by atoms with Crippen molar-refractivity contribution in [2.24, 2.45) is 5.10 Å². The zero-order chi connectivity index (χ0) is 22.4. The van der Waals surface area contributed by atoms with Crippen molar-refractivity contribution < 1.29 is 9.52 Å². The lowest BCUT2D eigenvalue weighted by molar-refractivity contribution is 0.468. The third-order valence-electron chi connectivity index (χ3n) is 4.88. The molecule has 0 bridgehead atoms. The fourth-order valence-electron chi connectivity index (χ4n) is 3.31. The first-order valence-electron chi connectivity index (χ1n) is 9.35. The molecule has 3 aromatic carbocycles. The number of benzene rings is 3. The molecule has 0 fully saturated rings. The van der Waals surface area contributed by atoms with Gasteiger partial charge < -0.3 is 9.52 Å². The second-order valence-electron chi connectivity index (χ2n) is 6.88. The molecule has 0 unspecified atom stereocenters. The van der Waals surface area contributed by atoms with E-state index in [1.165, 1.54) is 10.9 Å². The van der Waals surface area contributed by atoms with Crippen LogP contribution in [0.25, 0.3) is 33.5 Å². The van der Waals surface area contributed by atoms with Crippen LogP contribution in [0.3, 0.4) is 0 Å². The predicted octanol–water partition coefficient (Wildman–Crippen LogP) is 6.69. The fourth-order valence-corrected chi connectivity index (χ4v) is 5.64. The quantitative estimate of drug-likeness (QED) is 0.229. The van der Waals surface area contributed by atoms with Gasteiger partial charge in [-0.15, -0.1) is 0 Å². The van der Waals surface area contributed by atoms with Gasteiger partial charge in [-0.1, -0.05) is 46.3 Å². The molecule has 2 heterocycles. The van der Waals surface area contributed by atoms with Gasteiger partial charge in [0.1, 0.15) is 11.3 Å². The first-order chi connectivity index (χ1) is 15.4. The second kappa shape index (κ2) is 8.31. The Morgan fingerprint density at radius 3 is 2.56 bits per heavy atom. The topological polar surface area (TPSA) is 80.6 Å². The van der Waals surface area contributed by atoms with Crippen LogP contribution in [0.2, 0.25) is 0 Å². The first kappa shape index (κ1) is 21.1. The second-order valence-corrected chi connectivity index (χ2v) is 9.38. The Bertz CT molecular complexity index is 1570. The van der Waals surface area contributed by atoms with E-state index in [4.69, 9.17) is 4.42 Å². The van der Waals surface area contributed by atoms with Crippen LogP contribution in [0.15, 0.2) is 88.4 Å². The molecule has 1 N–H and O–H groups in total. The number of rotatable bonds is 3. The number of aromatic hydroxyl groups is 1. The molecule has 0 aliphatic heterocycles. The van der Waals surface area contributed by atoms with E-state index in [1.54, 1.807) is 24.3 Å². The highest BCUT2D eigenvalue weighted by Crippen LogP contribution is 2.38. The maximum absolute atomic E-state index is 13.3. The molecule has 9 heteroatoms. The summed E-state index contributed by atoms with van der Waals surface area (Å²) in [4.78, 5) is 18.0. The molecule has 0 radical (unpaired) electrons. The van der Waals surface area contributed by atoms with Gasteiger partial charge in [-0.2, -0.15) is 9.78 Å². The minimum Gasteiger partial charge on any atom is -0.506 e. The van der Waals surface area contributed by atoms with Crippen LogP contribution in [0.4, 0.5) is 0 Å². The van der Waals surface area contributed by atoms with Crippen molar-refractivity contribution in [2.45, 2.75) is 0 Å². The molecule has 0 aliphatic carbocycles. The van der Waals surface area contributed by atoms with Crippen LogP contribution < -0.4 is 5.56 Å². The van der Waals surface area contributed by atoms with Crippen molar-refractivity contribution in [1.82, 2.24) is 9.66 Å². The number of fused-ring (bicyclic) bond motifs is 2. The van der Waals surface area contributed by atoms with Gasteiger partial charge in [0.25, 0.3) is 5.56 Å². The molecular weight excluding hydrogens is 606 g/mol. The van der Waals surface area contributed by atoms with Crippen LogP contribution in [-0.4, -0.2) is 21.0 Å². The molecule has 6 nitrogen and oxygen atoms in total. The maximum Gasteiger partial charge on any atom is 0.282 e. The van der Waals surface area contributed by atoms with Crippen molar-refractivity contribution in [3.05, 3.63) is 90.0 Å². The minimum atomic E-state index is -0.337. The van der Waals surface area contributed by atoms with E-state index in [2.05, 4.69) is 57.9 Å². The Morgan fingerprint density at radius 1 is 1.00 bits per heavy atom. The van der Waals surface area contributed by atoms with Crippen LogP contribution in [-0.2, 0) is 0 Å². The zero-order valence-electron chi connectivity index (χ0n) is 16.1. The molecule has 0 amide bonds. The minimum absolute atomic E-state index is 0.0242. The van der Waals surface area contributed by atoms with Crippen LogP contribution in [0, 0.1) is 0 Å². The summed E-state index contributed by atoms with van der Waals surface area (Å²) in [5, 5.41) is 16.0. The average molecular weight is 618 g/mol. The third-order valence-corrected chi connectivity index (χ3v) is 6.95. The lowest BCUT2D eigenvalue weighted by Gasteiger charge is -2.09. The molecule has 5 aromatic rings. The number of para-hydroxylation sites is 2. The lowest BCUT2D eigenvalue weighted by atomic mass is 10.2. The number of aromatic nitrogens is 2. The summed E-state index contributed by atoms with van der Waals surface area (Å²) >= 11 is 10.1. The maximum atomic E-state index is 13.3. The number of phenols is 1. The van der Waals surface area contributed by atoms with Gasteiger partial charge in [0.05, 0.1) is 26.1 Å². The van der Waals surface area contributed by atoms with E-state index in [1.807, 2.05) is 36.4 Å². The van der Waals surface area contributed by atoms with Crippen molar-refractivity contribution >= 4 is 75.9 Å². The molecule has 2 aromatic heterocycles. The molecule has 0 spiro atoms. The number of furan rings is 1. The van der Waals surface area contributed by atoms with E-state index in [0.717, 1.165) is 5.39 Å². The number of nitrogens with zero attached hydrogens (tertiary/aromatic N) is 3. The summed E-state index contributed by atoms with van der Waals surface area (Å²) in [5.74, 6) is 0.717. The van der Waals surface area contributed by atoms with Crippen molar-refractivity contribution in [3.63, 3.8) is 0 Å². The van der Waals surface area contributed by atoms with E-state index >= 15 is 0 Å². The summed E-state index contributed by atoms with van der Waals surface area (Å²) < 4.78 is 8.79. The SMILES string of the molecule is O=c1c2ccccc2nc(-c2cc3ccccc3o2)n1N=Cc1c(Br)cc(Br)c(O)c1Br. The number of halogens is 3. The highest BCUT2D eigenvalue weighted by atomic mass is 79.9. The number of phenolic OH excluding ortho intramolecular Hbond substituents is 1. The van der Waals surface area contributed by atoms with Crippen molar-refractivity contribution in [1.29, 1.82) is 0 Å². The standard InChI is InChI=1S/C23H12Br3N3O3/c24-15-10-16(25)21(30)20(26)14(15)11-27-29-22(19-9-12-5-1-4-8-18(12)32-19)28-17-7-3-2-6-13(17)23(29)31/h1-11,30H. The summed E-state index contributed by atoms with van der Waals surface area (Å²) in [6.07, 6.45) is 1.48. The molecule has 0 aliphatic rings. The molecule has 0 atom stereocenters. The number of hydrogen-bond acceptors (Lipinski definition) is 5. The highest BCUT2D eigenvalue weighted by Gasteiger charge is 2.17. The van der Waals surface area contributed by atoms with Crippen LogP contribution in [0.1, 0.15) is 5.56 Å². The monoisotopic (exact) mass is 615 g/mol. The van der Waals surface area contributed by atoms with Crippen molar-refractivity contribution in [2.75, 3.05) is 0 Å². The van der Waals surface area contributed by atoms with Gasteiger partial charge in [-0.25, -0.2) is 4.98 Å². The predicted molar refractivity (Wildman–Crippen MR) is 135 cm³/mol. The van der Waals surface area contributed by atoms with Gasteiger partial charge >= 0.3 is 0 Å². The summed E-state index contributed by atoms with van der Waals surface area (Å²) in [5.41, 5.74) is 1.45. The Hall–Kier alpha value is -2.75. The summed E-state index contributed by atoms with van der Waals surface area (Å²) in [6.45, 7) is 0. The largest absolute Gasteiger partial charge is 0.506 e. The van der Waals surface area contributed by atoms with Gasteiger partial charge in [-0.3, -0.25) is 4.79 Å². The third kappa shape index (κ3) is 3.60. The van der Waals surface area contributed by atoms with Crippen LogP contribution >= 0.6 is 47.8 Å². The Morgan fingerprint density at radius 2 is 1.75 bits per heavy atom. The van der Waals surface area contributed by atoms with Gasteiger partial charge in [0, 0.05) is 15.4 Å². The summed E-state index contributed by atoms with van der Waals surface area (Å²) in [6, 6.07) is 18.2. The smallest absolute Gasteiger partial charge is 0.282 e. The Balaban J connectivity index is 1.76. The van der Waals surface area contributed by atoms with E-state index in [9.17, 15) is 9.90 Å². The number of hydrogen-bond donors (Lipinski definition) is 1. The van der Waals surface area contributed by atoms with E-state index < -0.39 is 0 Å². The molecular formula is C23H12Br3N3O3. The van der Waals surface area contributed by atoms with E-state index in [-0.39, 0.29) is 17.1 Å². The lowest BCUT2D eigenvalue weighted by Crippen LogP contribution is -2.20. The Labute approximate surface area is 206 Å². The van der Waals surface area contributed by atoms with Crippen LogP contribution in [0.5, 0.6) is 5.75 Å². The molecule has 158 valence electrons. The normalized spacial score (nSPS) is 11.7.